The van der Waals surface area contributed by atoms with Gasteiger partial charge in [0.2, 0.25) is 0 Å². The fourth-order valence-electron chi connectivity index (χ4n) is 19.6. The summed E-state index contributed by atoms with van der Waals surface area (Å²) in [5, 5.41) is 308. The highest BCUT2D eigenvalue weighted by Gasteiger charge is 2.56. The zero-order chi connectivity index (χ0) is 100. The van der Waals surface area contributed by atoms with Crippen LogP contribution in [0.25, 0.3) is 0 Å². The van der Waals surface area contributed by atoms with Crippen LogP contribution in [0.3, 0.4) is 0 Å². The van der Waals surface area contributed by atoms with Crippen LogP contribution in [0.1, 0.15) is 0 Å². The molecule has 0 aromatic carbocycles. The molecular weight excluding hydrogens is 1850 g/mol. The Kier molecular flexibility index (Phi) is 50.7. The zero-order valence-electron chi connectivity index (χ0n) is 77.4. The number of aliphatic hydroxyl groups excluding tert-OH is 29. The minimum atomic E-state index is -1.67. The highest BCUT2D eigenvalue weighted by atomic mass is 16.6. The summed E-state index contributed by atoms with van der Waals surface area (Å²) in [6.45, 7) is -10.1. The maximum atomic E-state index is 11.7. The molecule has 52 heteroatoms. The lowest BCUT2D eigenvalue weighted by molar-refractivity contribution is -0.257. The van der Waals surface area contributed by atoms with Gasteiger partial charge in [0.1, 0.15) is 122 Å². The second-order valence-electron chi connectivity index (χ2n) is 36.8. The summed E-state index contributed by atoms with van der Waals surface area (Å²) in [5.74, 6) is -8.98. The quantitative estimate of drug-likeness (QED) is 0.0269. The standard InChI is InChI=1S/C51H92O31.C34H62O21/c1-69-9-22-28(4-52)78-35(47(64)40(22)57)17-73-12-25-32(8-56)81-38(50(67)44(25)61)21-76-16-33-27(14-75-19-36-48(65)41(58)23(10-70-2)29(5-53)79-36)45(62)51(68)39(82-33)20-74-13-26-31(7-55)80-37(49(66)43(26)60)18-72-11-24-30(6-54)77-34(15-71-3)46(63)42(24)59;1-47-7-15-19(3-35)53-24(32(44)27(15)39)12-50-9-17-21(5-37)55-26(34(46)29(17)41)14-51-10-18-22(6-38)54-25(33(45)30(18)42)13-49-8-16-20(4-36)52-23(11-48-2)31(43)28(16)40/h22-68H,4-21H2,1-3H3;15-46H,3-14H2,1-2H3. The normalized spacial score (nSPS) is 45.7. The first-order valence-electron chi connectivity index (χ1n) is 46.4. The molecule has 0 radical (unpaired) electrons. The van der Waals surface area contributed by atoms with Gasteiger partial charge in [0.25, 0.3) is 0 Å². The van der Waals surface area contributed by atoms with Gasteiger partial charge in [0, 0.05) is 94.7 Å². The van der Waals surface area contributed by atoms with E-state index in [1.165, 1.54) is 35.5 Å². The monoisotopic (exact) mass is 2010 g/mol. The molecular formula is C85H154O52. The van der Waals surface area contributed by atoms with Crippen LogP contribution >= 0.6 is 0 Å². The van der Waals surface area contributed by atoms with Gasteiger partial charge < -0.3 is 257 Å². The third-order valence-corrected chi connectivity index (χ3v) is 28.0. The molecule has 0 aromatic heterocycles. The first kappa shape index (κ1) is 118. The van der Waals surface area contributed by atoms with E-state index in [9.17, 15) is 148 Å². The number of methoxy groups -OCH3 is 5. The molecule has 0 aliphatic carbocycles. The Balaban J connectivity index is 0.000000332. The first-order chi connectivity index (χ1) is 65.7. The number of hydrogen-bond acceptors (Lipinski definition) is 52. The summed E-state index contributed by atoms with van der Waals surface area (Å²) >= 11 is 0. The molecule has 29 N–H and O–H groups in total. The third kappa shape index (κ3) is 30.0. The van der Waals surface area contributed by atoms with Gasteiger partial charge in [-0.05, 0) is 0 Å². The van der Waals surface area contributed by atoms with Crippen molar-refractivity contribution in [3.63, 3.8) is 0 Å². The number of rotatable bonds is 51. The van der Waals surface area contributed by atoms with E-state index in [-0.39, 0.29) is 119 Å². The molecule has 0 aromatic rings. The molecule has 0 amide bonds. The molecule has 50 unspecified atom stereocenters. The van der Waals surface area contributed by atoms with Crippen LogP contribution in [0.4, 0.5) is 0 Å². The van der Waals surface area contributed by atoms with Crippen LogP contribution in [-0.4, -0.2) is 626 Å². The minimum absolute atomic E-state index is 0.00287. The van der Waals surface area contributed by atoms with Gasteiger partial charge in [-0.2, -0.15) is 0 Å². The smallest absolute Gasteiger partial charge is 0.110 e. The van der Waals surface area contributed by atoms with E-state index < -0.39 is 383 Å². The Hall–Kier alpha value is -2.08. The minimum Gasteiger partial charge on any atom is -0.394 e. The van der Waals surface area contributed by atoms with Gasteiger partial charge in [-0.1, -0.05) is 0 Å². The average molecular weight is 2010 g/mol. The van der Waals surface area contributed by atoms with Crippen molar-refractivity contribution in [3.05, 3.63) is 0 Å². The van der Waals surface area contributed by atoms with E-state index >= 15 is 0 Å². The summed E-state index contributed by atoms with van der Waals surface area (Å²) in [6.07, 6.45) is -50.1. The number of ether oxygens (including phenoxy) is 23. The van der Waals surface area contributed by atoms with Crippen LogP contribution in [0, 0.1) is 59.2 Å². The summed E-state index contributed by atoms with van der Waals surface area (Å²) in [5.41, 5.74) is 0. The van der Waals surface area contributed by atoms with Gasteiger partial charge in [-0.25, -0.2) is 0 Å². The number of hydrogen-bond donors (Lipinski definition) is 29. The Bertz CT molecular complexity index is 3230. The van der Waals surface area contributed by atoms with Crippen molar-refractivity contribution in [1.29, 1.82) is 0 Å². The van der Waals surface area contributed by atoms with Crippen molar-refractivity contribution in [2.24, 2.45) is 59.2 Å². The molecule has 10 aliphatic heterocycles. The molecule has 0 spiro atoms. The van der Waals surface area contributed by atoms with E-state index in [1.54, 1.807) is 0 Å². The van der Waals surface area contributed by atoms with Gasteiger partial charge in [-0.3, -0.25) is 0 Å². The van der Waals surface area contributed by atoms with Crippen LogP contribution < -0.4 is 0 Å². The van der Waals surface area contributed by atoms with E-state index in [0.29, 0.717) is 0 Å². The molecule has 10 aliphatic rings. The van der Waals surface area contributed by atoms with Crippen molar-refractivity contribution in [2.75, 3.05) is 234 Å². The maximum Gasteiger partial charge on any atom is 0.110 e. The van der Waals surface area contributed by atoms with Crippen molar-refractivity contribution in [2.45, 2.75) is 244 Å². The SMILES string of the molecule is COCC1OC(CO)C(COCC2OC(CO)C(COCC3OC(CO)C(COCC4OC(CO)C(COC)C(O)C4O)C(O)C3O)C(O)C2O)C(O)C1O.COCC1OC(CO)C(COCC2OC(CO)C(COCC3OC(COCC4OC(CO)C(COCC5OC(CO)C(COC)C(O)C5O)C(O)C4O)C(COCC4OC(CO)C(COC)C(O)C4O)C(O)C3O)C(O)C2O)C(O)C1O. The van der Waals surface area contributed by atoms with Gasteiger partial charge in [0.05, 0.1) is 320 Å². The lowest BCUT2D eigenvalue weighted by Gasteiger charge is -2.45. The lowest BCUT2D eigenvalue weighted by Crippen LogP contribution is -2.60. The van der Waals surface area contributed by atoms with Gasteiger partial charge in [0.15, 0.2) is 0 Å². The van der Waals surface area contributed by atoms with Crippen molar-refractivity contribution >= 4 is 0 Å². The maximum absolute atomic E-state index is 11.7. The molecule has 52 nitrogen and oxygen atoms in total. The Labute approximate surface area is 791 Å². The van der Waals surface area contributed by atoms with Crippen molar-refractivity contribution in [3.8, 4) is 0 Å². The molecule has 10 rings (SSSR count). The molecule has 50 atom stereocenters. The van der Waals surface area contributed by atoms with Crippen molar-refractivity contribution < 1.29 is 257 Å². The topological polar surface area (TPSA) is 799 Å². The molecule has 806 valence electrons. The van der Waals surface area contributed by atoms with E-state index in [1.807, 2.05) is 0 Å². The second kappa shape index (κ2) is 58.6. The summed E-state index contributed by atoms with van der Waals surface area (Å²) in [7, 11) is 6.98. The fraction of sp³-hybridized carbons (Fsp3) is 1.00. The molecule has 10 heterocycles. The largest absolute Gasteiger partial charge is 0.394 e. The van der Waals surface area contributed by atoms with E-state index in [0.717, 1.165) is 0 Å². The van der Waals surface area contributed by atoms with Gasteiger partial charge in [-0.15, -0.1) is 0 Å². The Morgan fingerprint density at radius 2 is 0.226 bits per heavy atom. The Morgan fingerprint density at radius 1 is 0.124 bits per heavy atom. The van der Waals surface area contributed by atoms with E-state index in [4.69, 9.17) is 109 Å². The Morgan fingerprint density at radius 3 is 0.358 bits per heavy atom. The van der Waals surface area contributed by atoms with Crippen LogP contribution in [-0.2, 0) is 109 Å². The highest BCUT2D eigenvalue weighted by Crippen LogP contribution is 2.39. The zero-order valence-corrected chi connectivity index (χ0v) is 77.4. The summed E-state index contributed by atoms with van der Waals surface area (Å²) in [4.78, 5) is 0. The number of aliphatic hydroxyl groups is 29. The fourth-order valence-corrected chi connectivity index (χ4v) is 19.6. The van der Waals surface area contributed by atoms with Crippen LogP contribution in [0.5, 0.6) is 0 Å². The predicted octanol–water partition coefficient (Wildman–Crippen LogP) is -17.7. The molecule has 0 saturated carbocycles. The average Bonchev–Trinajstić information content (AvgIpc) is 0.785. The summed E-state index contributed by atoms with van der Waals surface area (Å²) < 4.78 is 130. The first-order valence-corrected chi connectivity index (χ1v) is 46.4. The highest BCUT2D eigenvalue weighted by molar-refractivity contribution is 5.02. The molecule has 137 heavy (non-hydrogen) atoms. The van der Waals surface area contributed by atoms with E-state index in [2.05, 4.69) is 0 Å². The lowest BCUT2D eigenvalue weighted by atomic mass is 9.86. The van der Waals surface area contributed by atoms with Crippen molar-refractivity contribution in [1.82, 2.24) is 0 Å². The molecule has 0 bridgehead atoms. The molecule has 10 saturated heterocycles. The van der Waals surface area contributed by atoms with Gasteiger partial charge >= 0.3 is 0 Å². The third-order valence-electron chi connectivity index (χ3n) is 28.0. The molecule has 10 fully saturated rings. The van der Waals surface area contributed by atoms with Crippen LogP contribution in [0.15, 0.2) is 0 Å². The summed E-state index contributed by atoms with van der Waals surface area (Å²) in [6, 6.07) is 0. The second-order valence-corrected chi connectivity index (χ2v) is 36.8. The van der Waals surface area contributed by atoms with Crippen LogP contribution in [0.2, 0.25) is 0 Å². The predicted molar refractivity (Wildman–Crippen MR) is 451 cm³/mol.